The molecule has 0 radical (unpaired) electrons. The van der Waals surface area contributed by atoms with Crippen molar-refractivity contribution < 1.29 is 17.5 Å². The quantitative estimate of drug-likeness (QED) is 0.440. The van der Waals surface area contributed by atoms with E-state index in [1.807, 2.05) is 0 Å². The summed E-state index contributed by atoms with van der Waals surface area (Å²) in [4.78, 5) is 9.61. The summed E-state index contributed by atoms with van der Waals surface area (Å²) in [7, 11) is -4.24. The molecule has 0 aliphatic carbocycles. The minimum atomic E-state index is -4.24. The Bertz CT molecular complexity index is 818. The van der Waals surface area contributed by atoms with Gasteiger partial charge in [-0.1, -0.05) is 34.8 Å². The molecule has 6 nitrogen and oxygen atoms in total. The number of halogens is 3. The minimum Gasteiger partial charge on any atom is -0.377 e. The van der Waals surface area contributed by atoms with Crippen molar-refractivity contribution >= 4 is 61.9 Å². The first kappa shape index (κ1) is 16.3. The number of rotatable bonds is 4. The van der Waals surface area contributed by atoms with E-state index in [-0.39, 0.29) is 30.0 Å². The van der Waals surface area contributed by atoms with E-state index in [9.17, 15) is 18.5 Å². The van der Waals surface area contributed by atoms with E-state index in [0.717, 1.165) is 35.6 Å². The van der Waals surface area contributed by atoms with Crippen molar-refractivity contribution in [2.45, 2.75) is 4.90 Å². The fourth-order valence-corrected chi connectivity index (χ4v) is 4.64. The Morgan fingerprint density at radius 1 is 1.19 bits per heavy atom. The summed E-state index contributed by atoms with van der Waals surface area (Å²) in [5.74, 6) is -0.249. The van der Waals surface area contributed by atoms with Crippen LogP contribution in [0.1, 0.15) is 0 Å². The molecular weight excluding hydrogens is 385 g/mol. The van der Waals surface area contributed by atoms with Crippen LogP contribution in [0.3, 0.4) is 0 Å². The molecule has 1 heterocycles. The van der Waals surface area contributed by atoms with Gasteiger partial charge in [-0.05, 0) is 12.1 Å². The van der Waals surface area contributed by atoms with Crippen LogP contribution in [0, 0.1) is 10.1 Å². The zero-order chi connectivity index (χ0) is 15.8. The van der Waals surface area contributed by atoms with Gasteiger partial charge in [-0.25, -0.2) is 0 Å². The zero-order valence-corrected chi connectivity index (χ0v) is 13.6. The largest absolute Gasteiger partial charge is 0.377 e. The number of benzene rings is 1. The number of hydrogen-bond acceptors (Lipinski definition) is 6. The van der Waals surface area contributed by atoms with Gasteiger partial charge < -0.3 is 4.18 Å². The molecule has 2 rings (SSSR count). The topological polar surface area (TPSA) is 86.5 Å². The smallest absolute Gasteiger partial charge is 0.341 e. The number of hydrogen-bond donors (Lipinski definition) is 0. The highest BCUT2D eigenvalue weighted by molar-refractivity contribution is 7.87. The Balaban J connectivity index is 2.37. The first-order valence-corrected chi connectivity index (χ1v) is 8.40. The summed E-state index contributed by atoms with van der Waals surface area (Å²) >= 11 is 18.1. The van der Waals surface area contributed by atoms with Crippen LogP contribution in [0.5, 0.6) is 5.75 Å². The molecule has 0 spiro atoms. The first-order chi connectivity index (χ1) is 9.70. The molecule has 0 unspecified atom stereocenters. The molecule has 0 saturated heterocycles. The zero-order valence-electron chi connectivity index (χ0n) is 9.75. The van der Waals surface area contributed by atoms with Gasteiger partial charge in [0.25, 0.3) is 5.69 Å². The van der Waals surface area contributed by atoms with Gasteiger partial charge in [-0.3, -0.25) is 10.1 Å². The summed E-state index contributed by atoms with van der Waals surface area (Å²) in [5.41, 5.74) is -0.290. The predicted octanol–water partition coefficient (Wildman–Crippen LogP) is 4.38. The highest BCUT2D eigenvalue weighted by atomic mass is 35.5. The van der Waals surface area contributed by atoms with Gasteiger partial charge in [-0.2, -0.15) is 8.42 Å². The highest BCUT2D eigenvalue weighted by Crippen LogP contribution is 2.37. The summed E-state index contributed by atoms with van der Waals surface area (Å²) < 4.78 is 29.1. The lowest BCUT2D eigenvalue weighted by Gasteiger charge is -2.07. The molecule has 0 amide bonds. The molecule has 0 saturated carbocycles. The second kappa shape index (κ2) is 5.98. The standard InChI is InChI=1S/C10H4Cl3NO5S2/c11-6-3-5(14(15)16)1-2-7(6)19-21(17,18)8-4-9(12)20-10(8)13/h1-4H. The molecule has 0 fully saturated rings. The third-order valence-corrected chi connectivity index (χ3v) is 5.50. The molecular formula is C10H4Cl3NO5S2. The van der Waals surface area contributed by atoms with Gasteiger partial charge in [-0.15, -0.1) is 11.3 Å². The molecule has 0 aliphatic heterocycles. The number of thiophene rings is 1. The van der Waals surface area contributed by atoms with Gasteiger partial charge in [0.05, 0.1) is 14.3 Å². The Morgan fingerprint density at radius 3 is 2.33 bits per heavy atom. The van der Waals surface area contributed by atoms with Crippen LogP contribution >= 0.6 is 46.1 Å². The van der Waals surface area contributed by atoms with Crippen LogP contribution < -0.4 is 4.18 Å². The number of nitro groups is 1. The van der Waals surface area contributed by atoms with E-state index >= 15 is 0 Å². The SMILES string of the molecule is O=[N+]([O-])c1ccc(OS(=O)(=O)c2cc(Cl)sc2Cl)c(Cl)c1. The number of nitrogens with zero attached hydrogens (tertiary/aromatic N) is 1. The molecule has 1 aromatic heterocycles. The highest BCUT2D eigenvalue weighted by Gasteiger charge is 2.24. The van der Waals surface area contributed by atoms with Crippen LogP contribution in [-0.2, 0) is 10.1 Å². The predicted molar refractivity (Wildman–Crippen MR) is 80.3 cm³/mol. The van der Waals surface area contributed by atoms with Crippen LogP contribution in [-0.4, -0.2) is 13.3 Å². The number of nitro benzene ring substituents is 1. The van der Waals surface area contributed by atoms with Crippen LogP contribution in [0.25, 0.3) is 0 Å². The van der Waals surface area contributed by atoms with E-state index in [4.69, 9.17) is 39.0 Å². The van der Waals surface area contributed by atoms with Crippen molar-refractivity contribution in [2.24, 2.45) is 0 Å². The van der Waals surface area contributed by atoms with Gasteiger partial charge in [0, 0.05) is 12.1 Å². The van der Waals surface area contributed by atoms with Crippen LogP contribution in [0.4, 0.5) is 5.69 Å². The Labute approximate surface area is 138 Å². The Hall–Kier alpha value is -1.06. The van der Waals surface area contributed by atoms with E-state index in [1.54, 1.807) is 0 Å². The van der Waals surface area contributed by atoms with Gasteiger partial charge in [0.15, 0.2) is 5.75 Å². The maximum Gasteiger partial charge on any atom is 0.341 e. The second-order valence-electron chi connectivity index (χ2n) is 3.60. The van der Waals surface area contributed by atoms with Gasteiger partial charge in [0.1, 0.15) is 9.23 Å². The fourth-order valence-electron chi connectivity index (χ4n) is 1.33. The van der Waals surface area contributed by atoms with Crippen molar-refractivity contribution in [1.82, 2.24) is 0 Å². The Kier molecular flexibility index (Phi) is 4.64. The number of non-ortho nitro benzene ring substituents is 1. The normalized spacial score (nSPS) is 11.4. The van der Waals surface area contributed by atoms with Gasteiger partial charge >= 0.3 is 10.1 Å². The third kappa shape index (κ3) is 3.58. The van der Waals surface area contributed by atoms with Crippen LogP contribution in [0.2, 0.25) is 13.7 Å². The molecule has 112 valence electrons. The average Bonchev–Trinajstić information content (AvgIpc) is 2.71. The van der Waals surface area contributed by atoms with E-state index < -0.39 is 15.0 Å². The molecule has 21 heavy (non-hydrogen) atoms. The minimum absolute atomic E-state index is 0.0574. The van der Waals surface area contributed by atoms with E-state index in [2.05, 4.69) is 0 Å². The third-order valence-electron chi connectivity index (χ3n) is 2.22. The molecule has 2 aromatic rings. The molecule has 11 heteroatoms. The second-order valence-corrected chi connectivity index (χ2v) is 7.81. The maximum atomic E-state index is 12.1. The molecule has 0 atom stereocenters. The molecule has 0 aliphatic rings. The first-order valence-electron chi connectivity index (χ1n) is 5.04. The van der Waals surface area contributed by atoms with Crippen molar-refractivity contribution in [1.29, 1.82) is 0 Å². The summed E-state index contributed by atoms with van der Waals surface area (Å²) in [6.45, 7) is 0. The van der Waals surface area contributed by atoms with E-state index in [0.29, 0.717) is 0 Å². The lowest BCUT2D eigenvalue weighted by atomic mass is 10.3. The monoisotopic (exact) mass is 387 g/mol. The summed E-state index contributed by atoms with van der Waals surface area (Å²) in [6.07, 6.45) is 0. The molecule has 0 bridgehead atoms. The summed E-state index contributed by atoms with van der Waals surface area (Å²) in [5, 5.41) is 10.4. The van der Waals surface area contributed by atoms with Crippen LogP contribution in [0.15, 0.2) is 29.2 Å². The molecule has 0 N–H and O–H groups in total. The lowest BCUT2D eigenvalue weighted by molar-refractivity contribution is -0.384. The van der Waals surface area contributed by atoms with Crippen molar-refractivity contribution in [3.63, 3.8) is 0 Å². The van der Waals surface area contributed by atoms with Crippen molar-refractivity contribution in [3.8, 4) is 5.75 Å². The van der Waals surface area contributed by atoms with Gasteiger partial charge in [0.2, 0.25) is 0 Å². The maximum absolute atomic E-state index is 12.1. The fraction of sp³-hybridized carbons (Fsp3) is 0. The average molecular weight is 389 g/mol. The van der Waals surface area contributed by atoms with E-state index in [1.165, 1.54) is 0 Å². The summed E-state index contributed by atoms with van der Waals surface area (Å²) in [6, 6.07) is 4.27. The molecule has 1 aromatic carbocycles. The lowest BCUT2D eigenvalue weighted by Crippen LogP contribution is -2.09. The van der Waals surface area contributed by atoms with Crippen molar-refractivity contribution in [3.05, 3.63) is 48.1 Å². The Morgan fingerprint density at radius 2 is 1.86 bits per heavy atom. The van der Waals surface area contributed by atoms with Crippen molar-refractivity contribution in [2.75, 3.05) is 0 Å².